The molecule has 20 heavy (non-hydrogen) atoms. The molecular formula is C15H19N3OS. The van der Waals surface area contributed by atoms with E-state index in [1.54, 1.807) is 0 Å². The van der Waals surface area contributed by atoms with Crippen molar-refractivity contribution in [2.24, 2.45) is 5.73 Å². The first-order chi connectivity index (χ1) is 9.54. The molecule has 1 heterocycles. The summed E-state index contributed by atoms with van der Waals surface area (Å²) in [6.45, 7) is 5.10. The average Bonchev–Trinajstić information content (AvgIpc) is 2.82. The Morgan fingerprint density at radius 1 is 1.25 bits per heavy atom. The molecule has 0 aliphatic rings. The molecule has 5 heteroatoms. The van der Waals surface area contributed by atoms with Crippen molar-refractivity contribution >= 4 is 23.1 Å². The number of amides is 2. The number of aryl methyl sites for hydroxylation is 1. The van der Waals surface area contributed by atoms with Gasteiger partial charge in [0.2, 0.25) is 0 Å². The highest BCUT2D eigenvalue weighted by atomic mass is 32.1. The molecule has 0 bridgehead atoms. The lowest BCUT2D eigenvalue weighted by atomic mass is 10.1. The van der Waals surface area contributed by atoms with Crippen LogP contribution in [0.3, 0.4) is 0 Å². The molecule has 2 aromatic rings. The monoisotopic (exact) mass is 289 g/mol. The maximum Gasteiger partial charge on any atom is 0.316 e. The van der Waals surface area contributed by atoms with Crippen LogP contribution in [0.2, 0.25) is 0 Å². The third-order valence-corrected chi connectivity index (χ3v) is 4.06. The van der Waals surface area contributed by atoms with Gasteiger partial charge in [-0.1, -0.05) is 12.1 Å². The minimum atomic E-state index is -0.544. The van der Waals surface area contributed by atoms with E-state index in [1.165, 1.54) is 15.3 Å². The van der Waals surface area contributed by atoms with E-state index in [-0.39, 0.29) is 6.04 Å². The van der Waals surface area contributed by atoms with Crippen LogP contribution < -0.4 is 16.4 Å². The lowest BCUT2D eigenvalue weighted by Crippen LogP contribution is -2.19. The van der Waals surface area contributed by atoms with Crippen molar-refractivity contribution in [3.05, 3.63) is 51.7 Å². The first-order valence-corrected chi connectivity index (χ1v) is 7.31. The number of carbonyl (C=O) groups excluding carboxylic acids is 1. The fourth-order valence-corrected chi connectivity index (χ4v) is 2.79. The summed E-state index contributed by atoms with van der Waals surface area (Å²) in [5.74, 6) is 0. The molecule has 4 nitrogen and oxygen atoms in total. The molecule has 1 aromatic carbocycles. The highest BCUT2D eigenvalue weighted by Crippen LogP contribution is 2.19. The Kier molecular flexibility index (Phi) is 4.76. The Labute approximate surface area is 123 Å². The minimum absolute atomic E-state index is 0.250. The molecule has 0 radical (unpaired) electrons. The predicted molar refractivity (Wildman–Crippen MR) is 84.0 cm³/mol. The van der Waals surface area contributed by atoms with Crippen LogP contribution in [0.5, 0.6) is 0 Å². The van der Waals surface area contributed by atoms with Gasteiger partial charge in [0, 0.05) is 28.0 Å². The van der Waals surface area contributed by atoms with Gasteiger partial charge in [-0.25, -0.2) is 4.79 Å². The summed E-state index contributed by atoms with van der Waals surface area (Å²) in [7, 11) is 0. The molecule has 0 spiro atoms. The zero-order chi connectivity index (χ0) is 14.5. The van der Waals surface area contributed by atoms with Gasteiger partial charge in [0.1, 0.15) is 0 Å². The van der Waals surface area contributed by atoms with E-state index in [0.717, 1.165) is 6.54 Å². The second-order valence-corrected chi connectivity index (χ2v) is 6.10. The van der Waals surface area contributed by atoms with E-state index in [9.17, 15) is 4.79 Å². The number of benzene rings is 1. The Morgan fingerprint density at radius 2 is 1.95 bits per heavy atom. The standard InChI is InChI=1S/C15H19N3OS/c1-10-3-8-14(20-10)9-17-11(2)12-4-6-13(7-5-12)18-15(16)19/h3-8,11,17H,9H2,1-2H3,(H3,16,18,19). The zero-order valence-corrected chi connectivity index (χ0v) is 12.5. The van der Waals surface area contributed by atoms with Gasteiger partial charge in [-0.05, 0) is 43.7 Å². The highest BCUT2D eigenvalue weighted by molar-refractivity contribution is 7.11. The summed E-state index contributed by atoms with van der Waals surface area (Å²) in [6, 6.07) is 11.7. The van der Waals surface area contributed by atoms with Crippen LogP contribution in [0.25, 0.3) is 0 Å². The third kappa shape index (κ3) is 4.08. The summed E-state index contributed by atoms with van der Waals surface area (Å²) < 4.78 is 0. The highest BCUT2D eigenvalue weighted by Gasteiger charge is 2.06. The van der Waals surface area contributed by atoms with Gasteiger partial charge in [0.05, 0.1) is 0 Å². The SMILES string of the molecule is Cc1ccc(CNC(C)c2ccc(NC(N)=O)cc2)s1. The molecule has 0 fully saturated rings. The largest absolute Gasteiger partial charge is 0.351 e. The lowest BCUT2D eigenvalue weighted by Gasteiger charge is -2.14. The zero-order valence-electron chi connectivity index (χ0n) is 11.6. The number of anilines is 1. The van der Waals surface area contributed by atoms with Gasteiger partial charge >= 0.3 is 6.03 Å². The third-order valence-electron chi connectivity index (χ3n) is 3.06. The van der Waals surface area contributed by atoms with Crippen LogP contribution >= 0.6 is 11.3 Å². The molecule has 1 atom stereocenters. The number of primary amides is 1. The number of urea groups is 1. The fraction of sp³-hybridized carbons (Fsp3) is 0.267. The van der Waals surface area contributed by atoms with Crippen molar-refractivity contribution in [1.29, 1.82) is 0 Å². The molecule has 1 unspecified atom stereocenters. The summed E-state index contributed by atoms with van der Waals surface area (Å²) in [5.41, 5.74) is 6.96. The normalized spacial score (nSPS) is 12.1. The first-order valence-electron chi connectivity index (χ1n) is 6.49. The summed E-state index contributed by atoms with van der Waals surface area (Å²) in [4.78, 5) is 13.4. The second kappa shape index (κ2) is 6.54. The van der Waals surface area contributed by atoms with E-state index in [0.29, 0.717) is 5.69 Å². The number of rotatable bonds is 5. The minimum Gasteiger partial charge on any atom is -0.351 e. The van der Waals surface area contributed by atoms with Crippen LogP contribution in [0, 0.1) is 6.92 Å². The fourth-order valence-electron chi connectivity index (χ4n) is 1.95. The van der Waals surface area contributed by atoms with Crippen molar-refractivity contribution in [2.75, 3.05) is 5.32 Å². The van der Waals surface area contributed by atoms with Crippen molar-refractivity contribution in [3.8, 4) is 0 Å². The molecule has 0 aliphatic heterocycles. The lowest BCUT2D eigenvalue weighted by molar-refractivity contribution is 0.259. The first kappa shape index (κ1) is 14.6. The Hall–Kier alpha value is -1.85. The van der Waals surface area contributed by atoms with Gasteiger partial charge in [-0.2, -0.15) is 0 Å². The van der Waals surface area contributed by atoms with Crippen molar-refractivity contribution < 1.29 is 4.79 Å². The molecule has 2 rings (SSSR count). The van der Waals surface area contributed by atoms with Crippen molar-refractivity contribution in [2.45, 2.75) is 26.4 Å². The smallest absolute Gasteiger partial charge is 0.316 e. The van der Waals surface area contributed by atoms with E-state index in [2.05, 4.69) is 36.6 Å². The van der Waals surface area contributed by atoms with Crippen LogP contribution in [0.4, 0.5) is 10.5 Å². The number of thiophene rings is 1. The quantitative estimate of drug-likeness (QED) is 0.789. The van der Waals surface area contributed by atoms with Crippen LogP contribution in [0.15, 0.2) is 36.4 Å². The summed E-state index contributed by atoms with van der Waals surface area (Å²) >= 11 is 1.81. The Balaban J connectivity index is 1.91. The number of hydrogen-bond donors (Lipinski definition) is 3. The molecular weight excluding hydrogens is 270 g/mol. The van der Waals surface area contributed by atoms with E-state index >= 15 is 0 Å². The maximum absolute atomic E-state index is 10.7. The van der Waals surface area contributed by atoms with Gasteiger partial charge in [-0.3, -0.25) is 0 Å². The maximum atomic E-state index is 10.7. The number of nitrogens with two attached hydrogens (primary N) is 1. The number of carbonyl (C=O) groups is 1. The van der Waals surface area contributed by atoms with E-state index in [1.807, 2.05) is 35.6 Å². The summed E-state index contributed by atoms with van der Waals surface area (Å²) in [5, 5.41) is 6.04. The molecule has 0 saturated heterocycles. The number of hydrogen-bond acceptors (Lipinski definition) is 3. The Bertz CT molecular complexity index is 577. The Morgan fingerprint density at radius 3 is 2.50 bits per heavy atom. The number of nitrogens with one attached hydrogen (secondary N) is 2. The van der Waals surface area contributed by atoms with Crippen LogP contribution in [0.1, 0.15) is 28.3 Å². The van der Waals surface area contributed by atoms with Gasteiger partial charge in [0.25, 0.3) is 0 Å². The summed E-state index contributed by atoms with van der Waals surface area (Å²) in [6.07, 6.45) is 0. The topological polar surface area (TPSA) is 67.2 Å². The van der Waals surface area contributed by atoms with Gasteiger partial charge in [0.15, 0.2) is 0 Å². The van der Waals surface area contributed by atoms with E-state index in [4.69, 9.17) is 5.73 Å². The molecule has 1 aromatic heterocycles. The van der Waals surface area contributed by atoms with Gasteiger partial charge in [-0.15, -0.1) is 11.3 Å². The molecule has 4 N–H and O–H groups in total. The predicted octanol–water partition coefficient (Wildman–Crippen LogP) is 3.40. The molecule has 0 saturated carbocycles. The molecule has 0 aliphatic carbocycles. The van der Waals surface area contributed by atoms with Crippen LogP contribution in [-0.2, 0) is 6.54 Å². The second-order valence-electron chi connectivity index (χ2n) is 4.73. The van der Waals surface area contributed by atoms with Crippen molar-refractivity contribution in [3.63, 3.8) is 0 Å². The molecule has 2 amide bonds. The van der Waals surface area contributed by atoms with Crippen molar-refractivity contribution in [1.82, 2.24) is 5.32 Å². The average molecular weight is 289 g/mol. The van der Waals surface area contributed by atoms with Crippen LogP contribution in [-0.4, -0.2) is 6.03 Å². The van der Waals surface area contributed by atoms with Gasteiger partial charge < -0.3 is 16.4 Å². The molecule has 106 valence electrons. The van der Waals surface area contributed by atoms with E-state index < -0.39 is 6.03 Å².